The van der Waals surface area contributed by atoms with Crippen LogP contribution >= 0.6 is 0 Å². The monoisotopic (exact) mass is 246 g/mol. The first-order valence-corrected chi connectivity index (χ1v) is 5.96. The van der Waals surface area contributed by atoms with Gasteiger partial charge in [-0.1, -0.05) is 6.92 Å². The second-order valence-corrected chi connectivity index (χ2v) is 4.30. The van der Waals surface area contributed by atoms with E-state index in [2.05, 4.69) is 22.0 Å². The smallest absolute Gasteiger partial charge is 0.222 e. The van der Waals surface area contributed by atoms with Crippen LogP contribution < -0.4 is 10.6 Å². The van der Waals surface area contributed by atoms with Crippen molar-refractivity contribution in [2.45, 2.75) is 19.9 Å². The summed E-state index contributed by atoms with van der Waals surface area (Å²) in [6, 6.07) is 3.86. The van der Waals surface area contributed by atoms with E-state index in [0.29, 0.717) is 0 Å². The van der Waals surface area contributed by atoms with Crippen LogP contribution in [0.2, 0.25) is 0 Å². The van der Waals surface area contributed by atoms with Gasteiger partial charge in [0.05, 0.1) is 11.4 Å². The Kier molecular flexibility index (Phi) is 3.45. The summed E-state index contributed by atoms with van der Waals surface area (Å²) in [6.07, 6.45) is 2.80. The second kappa shape index (κ2) is 5.03. The number of aromatic nitrogens is 4. The molecule has 0 aromatic carbocycles. The fraction of sp³-hybridized carbons (Fsp3) is 0.417. The number of nitrogen functional groups attached to an aromatic ring is 1. The van der Waals surface area contributed by atoms with E-state index < -0.39 is 0 Å². The summed E-state index contributed by atoms with van der Waals surface area (Å²) in [5, 5.41) is 4.29. The molecule has 2 aromatic rings. The van der Waals surface area contributed by atoms with E-state index in [1.165, 1.54) is 0 Å². The van der Waals surface area contributed by atoms with Crippen molar-refractivity contribution in [2.75, 3.05) is 24.7 Å². The first-order valence-electron chi connectivity index (χ1n) is 5.96. The third-order valence-corrected chi connectivity index (χ3v) is 2.60. The minimum absolute atomic E-state index is 0.278. The van der Waals surface area contributed by atoms with Gasteiger partial charge in [-0.2, -0.15) is 10.1 Å². The Balaban J connectivity index is 2.46. The molecule has 0 saturated heterocycles. The number of aryl methyl sites for hydroxylation is 1. The van der Waals surface area contributed by atoms with Gasteiger partial charge in [0.1, 0.15) is 5.82 Å². The molecule has 2 heterocycles. The zero-order valence-corrected chi connectivity index (χ0v) is 11.0. The summed E-state index contributed by atoms with van der Waals surface area (Å²) >= 11 is 0. The highest BCUT2D eigenvalue weighted by molar-refractivity contribution is 5.61. The average molecular weight is 246 g/mol. The van der Waals surface area contributed by atoms with E-state index in [0.717, 1.165) is 30.2 Å². The normalized spacial score (nSPS) is 10.6. The Morgan fingerprint density at radius 1 is 1.33 bits per heavy atom. The molecule has 2 aromatic heterocycles. The van der Waals surface area contributed by atoms with Gasteiger partial charge in [-0.05, 0) is 12.5 Å². The van der Waals surface area contributed by atoms with Gasteiger partial charge in [0.25, 0.3) is 0 Å². The predicted molar refractivity (Wildman–Crippen MR) is 72.3 cm³/mol. The highest BCUT2D eigenvalue weighted by atomic mass is 15.3. The van der Waals surface area contributed by atoms with E-state index in [4.69, 9.17) is 5.73 Å². The van der Waals surface area contributed by atoms with Crippen molar-refractivity contribution in [3.8, 4) is 11.4 Å². The summed E-state index contributed by atoms with van der Waals surface area (Å²) < 4.78 is 1.93. The number of rotatable bonds is 4. The molecule has 2 rings (SSSR count). The average Bonchev–Trinajstić information content (AvgIpc) is 2.77. The van der Waals surface area contributed by atoms with Crippen molar-refractivity contribution in [2.24, 2.45) is 0 Å². The highest BCUT2D eigenvalue weighted by Gasteiger charge is 2.10. The molecule has 2 N–H and O–H groups in total. The fourth-order valence-corrected chi connectivity index (χ4v) is 1.75. The lowest BCUT2D eigenvalue weighted by Gasteiger charge is -2.13. The Bertz CT molecular complexity index is 531. The fourth-order valence-electron chi connectivity index (χ4n) is 1.75. The number of hydrogen-bond acceptors (Lipinski definition) is 5. The van der Waals surface area contributed by atoms with Crippen molar-refractivity contribution >= 4 is 11.8 Å². The van der Waals surface area contributed by atoms with Gasteiger partial charge in [0.2, 0.25) is 5.95 Å². The van der Waals surface area contributed by atoms with Gasteiger partial charge in [0.15, 0.2) is 0 Å². The van der Waals surface area contributed by atoms with Gasteiger partial charge >= 0.3 is 0 Å². The van der Waals surface area contributed by atoms with Crippen LogP contribution in [0, 0.1) is 0 Å². The summed E-state index contributed by atoms with van der Waals surface area (Å²) in [5.41, 5.74) is 7.52. The molecular formula is C12H18N6. The molecule has 0 fully saturated rings. The summed E-state index contributed by atoms with van der Waals surface area (Å²) in [6.45, 7) is 2.98. The highest BCUT2D eigenvalue weighted by Crippen LogP contribution is 2.21. The SMILES string of the molecule is CCCn1nccc1-c1cc(N(C)C)nc(N)n1. The Morgan fingerprint density at radius 2 is 2.11 bits per heavy atom. The van der Waals surface area contributed by atoms with Gasteiger partial charge in [-0.3, -0.25) is 4.68 Å². The first-order chi connectivity index (χ1) is 8.61. The van der Waals surface area contributed by atoms with Crippen LogP contribution in [-0.4, -0.2) is 33.8 Å². The van der Waals surface area contributed by atoms with Crippen LogP contribution in [0.1, 0.15) is 13.3 Å². The van der Waals surface area contributed by atoms with E-state index in [1.807, 2.05) is 35.8 Å². The summed E-state index contributed by atoms with van der Waals surface area (Å²) in [4.78, 5) is 10.4. The van der Waals surface area contributed by atoms with E-state index in [1.54, 1.807) is 6.20 Å². The number of nitrogens with two attached hydrogens (primary N) is 1. The molecular weight excluding hydrogens is 228 g/mol. The maximum atomic E-state index is 5.75. The van der Waals surface area contributed by atoms with Crippen molar-refractivity contribution in [3.63, 3.8) is 0 Å². The van der Waals surface area contributed by atoms with Crippen LogP contribution in [0.4, 0.5) is 11.8 Å². The maximum absolute atomic E-state index is 5.75. The molecule has 0 aliphatic rings. The minimum atomic E-state index is 0.278. The Labute approximate surface area is 106 Å². The Morgan fingerprint density at radius 3 is 2.78 bits per heavy atom. The maximum Gasteiger partial charge on any atom is 0.222 e. The van der Waals surface area contributed by atoms with Crippen molar-refractivity contribution in [1.82, 2.24) is 19.7 Å². The first kappa shape index (κ1) is 12.3. The van der Waals surface area contributed by atoms with Crippen LogP contribution in [0.25, 0.3) is 11.4 Å². The molecule has 0 spiro atoms. The molecule has 96 valence electrons. The molecule has 6 heteroatoms. The standard InChI is InChI=1S/C12H18N6/c1-4-7-18-10(5-6-14-18)9-8-11(17(2)3)16-12(13)15-9/h5-6,8H,4,7H2,1-3H3,(H2,13,15,16). The van der Waals surface area contributed by atoms with Gasteiger partial charge in [-0.15, -0.1) is 0 Å². The topological polar surface area (TPSA) is 72.9 Å². The quantitative estimate of drug-likeness (QED) is 0.882. The molecule has 18 heavy (non-hydrogen) atoms. The Hall–Kier alpha value is -2.11. The molecule has 0 atom stereocenters. The van der Waals surface area contributed by atoms with Crippen LogP contribution in [-0.2, 0) is 6.54 Å². The van der Waals surface area contributed by atoms with Crippen molar-refractivity contribution in [3.05, 3.63) is 18.3 Å². The summed E-state index contributed by atoms with van der Waals surface area (Å²) in [5.74, 6) is 1.07. The summed E-state index contributed by atoms with van der Waals surface area (Å²) in [7, 11) is 3.85. The van der Waals surface area contributed by atoms with Crippen LogP contribution in [0.3, 0.4) is 0 Å². The predicted octanol–water partition coefficient (Wildman–Crippen LogP) is 1.40. The zero-order chi connectivity index (χ0) is 13.1. The lowest BCUT2D eigenvalue weighted by atomic mass is 10.3. The third kappa shape index (κ3) is 2.42. The molecule has 0 radical (unpaired) electrons. The number of anilines is 2. The lowest BCUT2D eigenvalue weighted by Crippen LogP contribution is -2.13. The van der Waals surface area contributed by atoms with Crippen LogP contribution in [0.15, 0.2) is 18.3 Å². The molecule has 0 unspecified atom stereocenters. The molecule has 0 aliphatic carbocycles. The van der Waals surface area contributed by atoms with Gasteiger partial charge in [-0.25, -0.2) is 4.98 Å². The van der Waals surface area contributed by atoms with E-state index >= 15 is 0 Å². The molecule has 0 bridgehead atoms. The van der Waals surface area contributed by atoms with Gasteiger partial charge < -0.3 is 10.6 Å². The minimum Gasteiger partial charge on any atom is -0.368 e. The van der Waals surface area contributed by atoms with Crippen LogP contribution in [0.5, 0.6) is 0 Å². The van der Waals surface area contributed by atoms with Crippen molar-refractivity contribution < 1.29 is 0 Å². The number of hydrogen-bond donors (Lipinski definition) is 1. The molecule has 6 nitrogen and oxygen atoms in total. The number of nitrogens with zero attached hydrogens (tertiary/aromatic N) is 5. The van der Waals surface area contributed by atoms with Crippen molar-refractivity contribution in [1.29, 1.82) is 0 Å². The van der Waals surface area contributed by atoms with Gasteiger partial charge in [0, 0.05) is 32.9 Å². The molecule has 0 aliphatic heterocycles. The zero-order valence-electron chi connectivity index (χ0n) is 11.0. The molecule has 0 amide bonds. The third-order valence-electron chi connectivity index (χ3n) is 2.60. The second-order valence-electron chi connectivity index (χ2n) is 4.30. The van der Waals surface area contributed by atoms with E-state index in [-0.39, 0.29) is 5.95 Å². The van der Waals surface area contributed by atoms with E-state index in [9.17, 15) is 0 Å². The lowest BCUT2D eigenvalue weighted by molar-refractivity contribution is 0.608. The molecule has 0 saturated carbocycles. The largest absolute Gasteiger partial charge is 0.368 e.